The fourth-order valence-corrected chi connectivity index (χ4v) is 3.93. The molecule has 0 atom stereocenters. The van der Waals surface area contributed by atoms with Crippen molar-refractivity contribution in [2.45, 2.75) is 6.61 Å². The molecule has 0 saturated carbocycles. The second-order valence-electron chi connectivity index (χ2n) is 6.45. The van der Waals surface area contributed by atoms with Crippen LogP contribution in [0.4, 0.5) is 5.69 Å². The first-order valence-electron chi connectivity index (χ1n) is 9.08. The molecule has 150 valence electrons. The van der Waals surface area contributed by atoms with Crippen molar-refractivity contribution in [3.8, 4) is 5.75 Å². The molecular weight excluding hydrogens is 439 g/mol. The van der Waals surface area contributed by atoms with Gasteiger partial charge in [0.2, 0.25) is 0 Å². The number of thioether (sulfide) groups is 1. The lowest BCUT2D eigenvalue weighted by Gasteiger charge is -2.07. The van der Waals surface area contributed by atoms with E-state index in [2.05, 4.69) is 10.3 Å². The summed E-state index contributed by atoms with van der Waals surface area (Å²) in [5, 5.41) is 4.63. The maximum absolute atomic E-state index is 12.3. The fraction of sp³-hybridized carbons (Fsp3) is 0.0435. The van der Waals surface area contributed by atoms with Gasteiger partial charge in [0.15, 0.2) is 5.17 Å². The number of hydrogen-bond acceptors (Lipinski definition) is 4. The summed E-state index contributed by atoms with van der Waals surface area (Å²) in [7, 11) is 0. The summed E-state index contributed by atoms with van der Waals surface area (Å²) in [4.78, 5) is 17.3. The van der Waals surface area contributed by atoms with Crippen LogP contribution in [-0.4, -0.2) is 11.1 Å². The molecule has 3 aromatic rings. The van der Waals surface area contributed by atoms with Crippen LogP contribution in [0.5, 0.6) is 5.75 Å². The molecule has 0 radical (unpaired) electrons. The Bertz CT molecular complexity index is 1140. The number of amidine groups is 1. The molecule has 1 fully saturated rings. The van der Waals surface area contributed by atoms with E-state index in [4.69, 9.17) is 27.9 Å². The van der Waals surface area contributed by atoms with Gasteiger partial charge < -0.3 is 10.1 Å². The van der Waals surface area contributed by atoms with Crippen molar-refractivity contribution in [2.75, 3.05) is 0 Å². The Kier molecular flexibility index (Phi) is 6.43. The zero-order valence-corrected chi connectivity index (χ0v) is 18.0. The summed E-state index contributed by atoms with van der Waals surface area (Å²) in [6.45, 7) is 0.410. The van der Waals surface area contributed by atoms with E-state index >= 15 is 0 Å². The number of hydrogen-bond donors (Lipinski definition) is 1. The Balaban J connectivity index is 1.45. The average molecular weight is 455 g/mol. The molecule has 1 N–H and O–H groups in total. The molecule has 0 aliphatic carbocycles. The van der Waals surface area contributed by atoms with Gasteiger partial charge in [-0.1, -0.05) is 47.5 Å². The molecule has 30 heavy (non-hydrogen) atoms. The average Bonchev–Trinajstić information content (AvgIpc) is 3.07. The number of halogens is 2. The molecule has 1 amide bonds. The number of aliphatic imine (C=N–C) groups is 1. The molecule has 0 aromatic heterocycles. The molecule has 0 unspecified atom stereocenters. The first-order chi connectivity index (χ1) is 14.5. The zero-order chi connectivity index (χ0) is 20.9. The number of rotatable bonds is 5. The molecule has 3 aromatic carbocycles. The monoisotopic (exact) mass is 454 g/mol. The molecular formula is C23H16Cl2N2O2S. The minimum absolute atomic E-state index is 0.182. The van der Waals surface area contributed by atoms with Crippen molar-refractivity contribution in [2.24, 2.45) is 4.99 Å². The highest BCUT2D eigenvalue weighted by Crippen LogP contribution is 2.29. The highest BCUT2D eigenvalue weighted by Gasteiger charge is 2.23. The molecule has 4 rings (SSSR count). The topological polar surface area (TPSA) is 50.7 Å². The van der Waals surface area contributed by atoms with Gasteiger partial charge in [-0.25, -0.2) is 4.99 Å². The van der Waals surface area contributed by atoms with Gasteiger partial charge >= 0.3 is 0 Å². The van der Waals surface area contributed by atoms with Crippen LogP contribution in [0.15, 0.2) is 82.7 Å². The van der Waals surface area contributed by atoms with E-state index in [0.717, 1.165) is 16.8 Å². The van der Waals surface area contributed by atoms with Crippen LogP contribution in [0, 0.1) is 0 Å². The highest BCUT2D eigenvalue weighted by molar-refractivity contribution is 8.18. The number of benzene rings is 3. The van der Waals surface area contributed by atoms with Crippen LogP contribution in [0.25, 0.3) is 6.08 Å². The van der Waals surface area contributed by atoms with Crippen molar-refractivity contribution in [1.82, 2.24) is 5.32 Å². The number of carbonyl (C=O) groups excluding carboxylic acids is 1. The van der Waals surface area contributed by atoms with Crippen LogP contribution < -0.4 is 10.1 Å². The summed E-state index contributed by atoms with van der Waals surface area (Å²) in [5.41, 5.74) is 2.57. The number of nitrogens with zero attached hydrogens (tertiary/aromatic N) is 1. The van der Waals surface area contributed by atoms with Crippen molar-refractivity contribution >= 4 is 57.8 Å². The Morgan fingerprint density at radius 2 is 1.77 bits per heavy atom. The lowest BCUT2D eigenvalue weighted by Crippen LogP contribution is -2.19. The van der Waals surface area contributed by atoms with Gasteiger partial charge in [0.25, 0.3) is 5.91 Å². The fourth-order valence-electron chi connectivity index (χ4n) is 2.75. The maximum Gasteiger partial charge on any atom is 0.264 e. The predicted octanol–water partition coefficient (Wildman–Crippen LogP) is 6.46. The minimum atomic E-state index is -0.182. The lowest BCUT2D eigenvalue weighted by atomic mass is 10.2. The van der Waals surface area contributed by atoms with Gasteiger partial charge in [-0.05, 0) is 77.5 Å². The van der Waals surface area contributed by atoms with Crippen LogP contribution in [0.3, 0.4) is 0 Å². The quantitative estimate of drug-likeness (QED) is 0.449. The number of amides is 1. The predicted molar refractivity (Wildman–Crippen MR) is 124 cm³/mol. The molecule has 0 bridgehead atoms. The summed E-state index contributed by atoms with van der Waals surface area (Å²) < 4.78 is 5.86. The van der Waals surface area contributed by atoms with E-state index in [0.29, 0.717) is 32.5 Å². The van der Waals surface area contributed by atoms with Crippen LogP contribution in [0.2, 0.25) is 10.0 Å². The Hall–Kier alpha value is -2.73. The van der Waals surface area contributed by atoms with Gasteiger partial charge in [-0.3, -0.25) is 4.79 Å². The Morgan fingerprint density at radius 3 is 2.57 bits per heavy atom. The number of carbonyl (C=O) groups is 1. The summed E-state index contributed by atoms with van der Waals surface area (Å²) >= 11 is 13.2. The largest absolute Gasteiger partial charge is 0.489 e. The van der Waals surface area contributed by atoms with E-state index in [9.17, 15) is 4.79 Å². The smallest absolute Gasteiger partial charge is 0.264 e. The van der Waals surface area contributed by atoms with Gasteiger partial charge in [0, 0.05) is 10.0 Å². The standard InChI is InChI=1S/C23H16Cl2N2O2S/c24-17-7-9-19(10-8-17)26-23-27-22(28)21(30-23)13-15-3-2-6-20(12-15)29-14-16-4-1-5-18(25)11-16/h1-13H,14H2,(H,26,27,28)/b21-13-. The van der Waals surface area contributed by atoms with E-state index in [-0.39, 0.29) is 5.91 Å². The van der Waals surface area contributed by atoms with Crippen molar-refractivity contribution in [1.29, 1.82) is 0 Å². The van der Waals surface area contributed by atoms with Gasteiger partial charge in [-0.2, -0.15) is 0 Å². The number of ether oxygens (including phenoxy) is 1. The second-order valence-corrected chi connectivity index (χ2v) is 8.35. The molecule has 4 nitrogen and oxygen atoms in total. The van der Waals surface area contributed by atoms with Crippen molar-refractivity contribution < 1.29 is 9.53 Å². The number of nitrogens with one attached hydrogen (secondary N) is 1. The van der Waals surface area contributed by atoms with Crippen LogP contribution >= 0.6 is 35.0 Å². The highest BCUT2D eigenvalue weighted by atomic mass is 35.5. The van der Waals surface area contributed by atoms with Gasteiger partial charge in [0.1, 0.15) is 12.4 Å². The van der Waals surface area contributed by atoms with Crippen LogP contribution in [0.1, 0.15) is 11.1 Å². The molecule has 0 spiro atoms. The van der Waals surface area contributed by atoms with Gasteiger partial charge in [-0.15, -0.1) is 0 Å². The van der Waals surface area contributed by atoms with Gasteiger partial charge in [0.05, 0.1) is 10.6 Å². The van der Waals surface area contributed by atoms with E-state index < -0.39 is 0 Å². The molecule has 1 heterocycles. The third-order valence-corrected chi connectivity index (χ3v) is 5.56. The summed E-state index contributed by atoms with van der Waals surface area (Å²) in [6, 6.07) is 22.2. The van der Waals surface area contributed by atoms with E-state index in [1.165, 1.54) is 11.8 Å². The molecule has 7 heteroatoms. The van der Waals surface area contributed by atoms with Crippen molar-refractivity contribution in [3.63, 3.8) is 0 Å². The summed E-state index contributed by atoms with van der Waals surface area (Å²) in [5.74, 6) is 0.528. The molecule has 1 saturated heterocycles. The van der Waals surface area contributed by atoms with E-state index in [1.807, 2.05) is 54.6 Å². The molecule has 1 aliphatic heterocycles. The maximum atomic E-state index is 12.3. The Morgan fingerprint density at radius 1 is 0.967 bits per heavy atom. The zero-order valence-electron chi connectivity index (χ0n) is 15.6. The second kappa shape index (κ2) is 9.39. The normalized spacial score (nSPS) is 16.1. The first kappa shape index (κ1) is 20.5. The molecule has 1 aliphatic rings. The summed E-state index contributed by atoms with van der Waals surface area (Å²) in [6.07, 6.45) is 1.82. The first-order valence-corrected chi connectivity index (χ1v) is 10.6. The third-order valence-electron chi connectivity index (χ3n) is 4.16. The Labute approximate surface area is 188 Å². The van der Waals surface area contributed by atoms with Crippen LogP contribution in [-0.2, 0) is 11.4 Å². The SMILES string of the molecule is O=C1NC(=Nc2ccc(Cl)cc2)S/C1=C\c1cccc(OCc2cccc(Cl)c2)c1. The lowest BCUT2D eigenvalue weighted by molar-refractivity contribution is -0.115. The third kappa shape index (κ3) is 5.45. The minimum Gasteiger partial charge on any atom is -0.489 e. The van der Waals surface area contributed by atoms with Crippen molar-refractivity contribution in [3.05, 3.63) is 98.9 Å². The van der Waals surface area contributed by atoms with E-state index in [1.54, 1.807) is 24.3 Å².